The summed E-state index contributed by atoms with van der Waals surface area (Å²) < 4.78 is 15.0. The fourth-order valence-electron chi connectivity index (χ4n) is 2.13. The summed E-state index contributed by atoms with van der Waals surface area (Å²) in [5.41, 5.74) is 0.472. The zero-order chi connectivity index (χ0) is 14.1. The maximum absolute atomic E-state index is 13.8. The van der Waals surface area contributed by atoms with E-state index in [1.54, 1.807) is 23.5 Å². The third-order valence-electron chi connectivity index (χ3n) is 3.17. The molecule has 1 heterocycles. The molecule has 1 nitrogen and oxygen atoms in total. The minimum atomic E-state index is -0.328. The van der Waals surface area contributed by atoms with Crippen molar-refractivity contribution in [3.63, 3.8) is 0 Å². The van der Waals surface area contributed by atoms with E-state index in [0.717, 1.165) is 0 Å². The number of halogens is 2. The molecule has 0 saturated heterocycles. The van der Waals surface area contributed by atoms with E-state index in [4.69, 9.17) is 11.6 Å². The summed E-state index contributed by atoms with van der Waals surface area (Å²) in [6.07, 6.45) is 0. The number of anilines is 1. The Balaban J connectivity index is 1.86. The number of benzene rings is 2. The zero-order valence-corrected chi connectivity index (χ0v) is 12.4. The molecular formula is C16H13ClFNS. The highest BCUT2D eigenvalue weighted by Crippen LogP contribution is 2.32. The maximum Gasteiger partial charge on any atom is 0.147 e. The van der Waals surface area contributed by atoms with E-state index >= 15 is 0 Å². The molecule has 3 aromatic rings. The van der Waals surface area contributed by atoms with Gasteiger partial charge < -0.3 is 5.32 Å². The third kappa shape index (κ3) is 2.65. The van der Waals surface area contributed by atoms with E-state index in [2.05, 4.69) is 23.5 Å². The average Bonchev–Trinajstić information content (AvgIpc) is 2.86. The summed E-state index contributed by atoms with van der Waals surface area (Å²) in [7, 11) is 0. The van der Waals surface area contributed by atoms with Gasteiger partial charge in [-0.15, -0.1) is 11.3 Å². The van der Waals surface area contributed by atoms with Gasteiger partial charge in [-0.2, -0.15) is 0 Å². The van der Waals surface area contributed by atoms with E-state index < -0.39 is 0 Å². The van der Waals surface area contributed by atoms with Gasteiger partial charge in [0.15, 0.2) is 0 Å². The number of thiophene rings is 1. The summed E-state index contributed by atoms with van der Waals surface area (Å²) in [4.78, 5) is 1.18. The quantitative estimate of drug-likeness (QED) is 0.638. The fourth-order valence-corrected chi connectivity index (χ4v) is 3.35. The molecule has 0 aliphatic rings. The van der Waals surface area contributed by atoms with Crippen molar-refractivity contribution in [2.45, 2.75) is 13.0 Å². The molecule has 0 fully saturated rings. The van der Waals surface area contributed by atoms with Gasteiger partial charge in [-0.05, 0) is 42.6 Å². The highest BCUT2D eigenvalue weighted by molar-refractivity contribution is 7.19. The van der Waals surface area contributed by atoms with E-state index in [1.165, 1.54) is 21.0 Å². The first kappa shape index (κ1) is 13.4. The lowest BCUT2D eigenvalue weighted by atomic mass is 10.2. The van der Waals surface area contributed by atoms with Crippen LogP contribution in [0, 0.1) is 5.82 Å². The van der Waals surface area contributed by atoms with E-state index in [0.29, 0.717) is 10.7 Å². The van der Waals surface area contributed by atoms with Crippen LogP contribution >= 0.6 is 22.9 Å². The Hall–Kier alpha value is -1.58. The van der Waals surface area contributed by atoms with Crippen molar-refractivity contribution in [2.24, 2.45) is 0 Å². The summed E-state index contributed by atoms with van der Waals surface area (Å²) in [6.45, 7) is 2.03. The highest BCUT2D eigenvalue weighted by Gasteiger charge is 2.11. The largest absolute Gasteiger partial charge is 0.375 e. The van der Waals surface area contributed by atoms with Gasteiger partial charge in [0, 0.05) is 14.6 Å². The van der Waals surface area contributed by atoms with Crippen molar-refractivity contribution >= 4 is 38.7 Å². The minimum Gasteiger partial charge on any atom is -0.375 e. The smallest absolute Gasteiger partial charge is 0.147 e. The molecule has 0 aliphatic carbocycles. The lowest BCUT2D eigenvalue weighted by Gasteiger charge is -2.14. The molecule has 0 radical (unpaired) electrons. The molecule has 0 aliphatic heterocycles. The topological polar surface area (TPSA) is 12.0 Å². The van der Waals surface area contributed by atoms with Crippen LogP contribution in [0.2, 0.25) is 5.02 Å². The van der Waals surface area contributed by atoms with Crippen molar-refractivity contribution in [1.29, 1.82) is 0 Å². The number of rotatable bonds is 3. The Labute approximate surface area is 126 Å². The van der Waals surface area contributed by atoms with Crippen LogP contribution in [0.5, 0.6) is 0 Å². The van der Waals surface area contributed by atoms with Crippen molar-refractivity contribution in [2.75, 3.05) is 5.32 Å². The van der Waals surface area contributed by atoms with Crippen molar-refractivity contribution < 1.29 is 4.39 Å². The normalized spacial score (nSPS) is 12.6. The van der Waals surface area contributed by atoms with Crippen LogP contribution in [-0.4, -0.2) is 0 Å². The Morgan fingerprint density at radius 1 is 1.15 bits per heavy atom. The van der Waals surface area contributed by atoms with Crippen LogP contribution in [-0.2, 0) is 0 Å². The molecule has 20 heavy (non-hydrogen) atoms. The van der Waals surface area contributed by atoms with Gasteiger partial charge in [-0.1, -0.05) is 29.8 Å². The Bertz CT molecular complexity index is 720. The van der Waals surface area contributed by atoms with Crippen LogP contribution in [0.25, 0.3) is 10.1 Å². The second-order valence-electron chi connectivity index (χ2n) is 4.68. The minimum absolute atomic E-state index is 0.0445. The Morgan fingerprint density at radius 2 is 1.95 bits per heavy atom. The molecule has 2 aromatic carbocycles. The summed E-state index contributed by atoms with van der Waals surface area (Å²) >= 11 is 7.48. The van der Waals surface area contributed by atoms with Crippen LogP contribution in [0.15, 0.2) is 48.5 Å². The standard InChI is InChI=1S/C16H13ClFNS/c1-10(19-14-7-6-12(17)9-13(14)18)16-8-11-4-2-3-5-15(11)20-16/h2-10,19H,1H3. The molecule has 1 N–H and O–H groups in total. The molecular weight excluding hydrogens is 293 g/mol. The molecule has 1 aromatic heterocycles. The molecule has 102 valence electrons. The van der Waals surface area contributed by atoms with Crippen LogP contribution in [0.1, 0.15) is 17.8 Å². The Kier molecular flexibility index (Phi) is 3.64. The zero-order valence-electron chi connectivity index (χ0n) is 10.9. The lowest BCUT2D eigenvalue weighted by Crippen LogP contribution is -2.06. The van der Waals surface area contributed by atoms with E-state index in [-0.39, 0.29) is 11.9 Å². The van der Waals surface area contributed by atoms with Gasteiger partial charge in [0.1, 0.15) is 5.82 Å². The van der Waals surface area contributed by atoms with Crippen molar-refractivity contribution in [1.82, 2.24) is 0 Å². The SMILES string of the molecule is CC(Nc1ccc(Cl)cc1F)c1cc2ccccc2s1. The summed E-state index contributed by atoms with van der Waals surface area (Å²) in [6, 6.07) is 15.1. The second-order valence-corrected chi connectivity index (χ2v) is 6.23. The summed E-state index contributed by atoms with van der Waals surface area (Å²) in [5.74, 6) is -0.328. The van der Waals surface area contributed by atoms with Gasteiger partial charge in [-0.25, -0.2) is 4.39 Å². The second kappa shape index (κ2) is 5.43. The molecule has 0 amide bonds. The van der Waals surface area contributed by atoms with Crippen LogP contribution in [0.4, 0.5) is 10.1 Å². The van der Waals surface area contributed by atoms with Gasteiger partial charge in [0.2, 0.25) is 0 Å². The first-order chi connectivity index (χ1) is 9.63. The molecule has 0 saturated carbocycles. The van der Waals surface area contributed by atoms with Gasteiger partial charge in [-0.3, -0.25) is 0 Å². The highest BCUT2D eigenvalue weighted by atomic mass is 35.5. The van der Waals surface area contributed by atoms with Crippen LogP contribution in [0.3, 0.4) is 0 Å². The molecule has 1 unspecified atom stereocenters. The molecule has 0 spiro atoms. The van der Waals surface area contributed by atoms with E-state index in [9.17, 15) is 4.39 Å². The predicted octanol–water partition coefficient (Wildman–Crippen LogP) is 5.87. The lowest BCUT2D eigenvalue weighted by molar-refractivity contribution is 0.628. The molecule has 1 atom stereocenters. The third-order valence-corrected chi connectivity index (χ3v) is 4.71. The first-order valence-corrected chi connectivity index (χ1v) is 7.53. The maximum atomic E-state index is 13.8. The number of nitrogens with one attached hydrogen (secondary N) is 1. The number of hydrogen-bond acceptors (Lipinski definition) is 2. The predicted molar refractivity (Wildman–Crippen MR) is 85.3 cm³/mol. The average molecular weight is 306 g/mol. The van der Waals surface area contributed by atoms with Gasteiger partial charge in [0.05, 0.1) is 11.7 Å². The summed E-state index contributed by atoms with van der Waals surface area (Å²) in [5, 5.41) is 4.82. The van der Waals surface area contributed by atoms with Crippen molar-refractivity contribution in [3.8, 4) is 0 Å². The molecule has 3 rings (SSSR count). The van der Waals surface area contributed by atoms with Crippen LogP contribution < -0.4 is 5.32 Å². The molecule has 4 heteroatoms. The monoisotopic (exact) mass is 305 g/mol. The Morgan fingerprint density at radius 3 is 2.70 bits per heavy atom. The van der Waals surface area contributed by atoms with Crippen molar-refractivity contribution in [3.05, 3.63) is 64.2 Å². The fraction of sp³-hybridized carbons (Fsp3) is 0.125. The van der Waals surface area contributed by atoms with E-state index in [1.807, 2.05) is 19.1 Å². The van der Waals surface area contributed by atoms with Gasteiger partial charge in [0.25, 0.3) is 0 Å². The number of fused-ring (bicyclic) bond motifs is 1. The first-order valence-electron chi connectivity index (χ1n) is 6.33. The number of hydrogen-bond donors (Lipinski definition) is 1. The van der Waals surface area contributed by atoms with Gasteiger partial charge >= 0.3 is 0 Å². The molecule has 0 bridgehead atoms.